The number of rotatable bonds is 19. The van der Waals surface area contributed by atoms with Gasteiger partial charge in [0.15, 0.2) is 0 Å². The molecule has 0 bridgehead atoms. The van der Waals surface area contributed by atoms with E-state index in [1.54, 1.807) is 24.3 Å². The normalized spacial score (nSPS) is 15.8. The van der Waals surface area contributed by atoms with E-state index in [9.17, 15) is 19.5 Å². The molecule has 1 unspecified atom stereocenters. The van der Waals surface area contributed by atoms with Gasteiger partial charge in [0.1, 0.15) is 23.3 Å². The molecule has 282 valence electrons. The molecule has 1 fully saturated rings. The Hall–Kier alpha value is -5.45. The van der Waals surface area contributed by atoms with E-state index in [1.165, 1.54) is 16.0 Å². The van der Waals surface area contributed by atoms with E-state index in [1.807, 2.05) is 36.4 Å². The lowest BCUT2D eigenvalue weighted by Gasteiger charge is -2.29. The molecule has 1 atom stereocenters. The van der Waals surface area contributed by atoms with Crippen LogP contribution < -0.4 is 14.8 Å². The molecule has 10 nitrogen and oxygen atoms in total. The number of carbonyl (C=O) groups is 3. The summed E-state index contributed by atoms with van der Waals surface area (Å²) in [7, 11) is 0. The van der Waals surface area contributed by atoms with E-state index < -0.39 is 11.9 Å². The number of amides is 3. The lowest BCUT2D eigenvalue weighted by Crippen LogP contribution is -2.52. The fourth-order valence-corrected chi connectivity index (χ4v) is 6.88. The fraction of sp³-hybridized carbons (Fsp3) is 0.341. The number of imide groups is 1. The Bertz CT molecular complexity index is 1910. The molecular formula is C44H48N2O8. The summed E-state index contributed by atoms with van der Waals surface area (Å²) in [6.07, 6.45) is 3.65. The van der Waals surface area contributed by atoms with Gasteiger partial charge in [0.25, 0.3) is 5.91 Å². The van der Waals surface area contributed by atoms with Crippen molar-refractivity contribution in [2.24, 2.45) is 0 Å². The average Bonchev–Trinajstić information content (AvgIpc) is 3.53. The first-order valence-corrected chi connectivity index (χ1v) is 18.8. The van der Waals surface area contributed by atoms with Gasteiger partial charge in [-0.25, -0.2) is 0 Å². The molecule has 1 saturated heterocycles. The SMILES string of the molecule is CC/C(=C(\c1ccc(O)cc1)c1ccc(OCCCOCCCOCCCOc2cccc3c2CN(C2CCC(=O)NC2=O)C3=O)cc1)c1ccccc1. The number of allylic oxidation sites excluding steroid dienone is 1. The van der Waals surface area contributed by atoms with Gasteiger partial charge >= 0.3 is 0 Å². The lowest BCUT2D eigenvalue weighted by atomic mass is 9.88. The number of nitrogens with zero attached hydrogens (tertiary/aromatic N) is 1. The maximum atomic E-state index is 13.0. The van der Waals surface area contributed by atoms with Crippen LogP contribution in [0.1, 0.15) is 78.1 Å². The number of benzene rings is 4. The van der Waals surface area contributed by atoms with Crippen LogP contribution in [0.15, 0.2) is 97.1 Å². The number of hydrogen-bond donors (Lipinski definition) is 2. The topological polar surface area (TPSA) is 124 Å². The van der Waals surface area contributed by atoms with Crippen molar-refractivity contribution < 1.29 is 38.4 Å². The molecule has 0 spiro atoms. The summed E-state index contributed by atoms with van der Waals surface area (Å²) in [6, 6.07) is 30.7. The number of carbonyl (C=O) groups excluding carboxylic acids is 3. The number of fused-ring (bicyclic) bond motifs is 1. The fourth-order valence-electron chi connectivity index (χ4n) is 6.88. The number of phenolic OH excluding ortho intramolecular Hbond substituents is 1. The first-order valence-electron chi connectivity index (χ1n) is 18.8. The van der Waals surface area contributed by atoms with Crippen LogP contribution in [0, 0.1) is 0 Å². The average molecular weight is 733 g/mol. The van der Waals surface area contributed by atoms with E-state index >= 15 is 0 Å². The van der Waals surface area contributed by atoms with Crippen LogP contribution in [0.2, 0.25) is 0 Å². The molecule has 0 saturated carbocycles. The minimum absolute atomic E-state index is 0.215. The van der Waals surface area contributed by atoms with Gasteiger partial charge < -0.3 is 29.0 Å². The summed E-state index contributed by atoms with van der Waals surface area (Å²) in [4.78, 5) is 38.4. The Morgan fingerprint density at radius 3 is 2.00 bits per heavy atom. The number of ether oxygens (including phenoxy) is 4. The number of aromatic hydroxyl groups is 1. The van der Waals surface area contributed by atoms with Crippen molar-refractivity contribution in [3.63, 3.8) is 0 Å². The minimum atomic E-state index is -0.652. The second-order valence-electron chi connectivity index (χ2n) is 13.3. The quantitative estimate of drug-likeness (QED) is 0.0591. The van der Waals surface area contributed by atoms with Crippen molar-refractivity contribution in [2.45, 2.75) is 58.0 Å². The highest BCUT2D eigenvalue weighted by Crippen LogP contribution is 2.36. The molecule has 3 amide bonds. The smallest absolute Gasteiger partial charge is 0.255 e. The molecule has 6 rings (SSSR count). The molecular weight excluding hydrogens is 684 g/mol. The molecule has 4 aromatic carbocycles. The van der Waals surface area contributed by atoms with Crippen molar-refractivity contribution in [3.05, 3.63) is 125 Å². The van der Waals surface area contributed by atoms with Crippen LogP contribution in [0.4, 0.5) is 0 Å². The monoisotopic (exact) mass is 732 g/mol. The second kappa shape index (κ2) is 19.0. The zero-order valence-electron chi connectivity index (χ0n) is 30.8. The zero-order chi connectivity index (χ0) is 37.7. The van der Waals surface area contributed by atoms with Crippen LogP contribution in [0.5, 0.6) is 17.2 Å². The summed E-state index contributed by atoms with van der Waals surface area (Å²) in [5.41, 5.74) is 6.99. The first-order chi connectivity index (χ1) is 26.4. The van der Waals surface area contributed by atoms with Crippen molar-refractivity contribution in [1.82, 2.24) is 10.2 Å². The molecule has 0 aliphatic carbocycles. The largest absolute Gasteiger partial charge is 0.508 e. The Labute approximate surface area is 316 Å². The molecule has 0 radical (unpaired) electrons. The number of hydrogen-bond acceptors (Lipinski definition) is 8. The summed E-state index contributed by atoms with van der Waals surface area (Å²) in [5.74, 6) is 0.732. The van der Waals surface area contributed by atoms with Crippen LogP contribution >= 0.6 is 0 Å². The van der Waals surface area contributed by atoms with Crippen LogP contribution in [-0.2, 0) is 25.6 Å². The lowest BCUT2D eigenvalue weighted by molar-refractivity contribution is -0.136. The van der Waals surface area contributed by atoms with Crippen molar-refractivity contribution in [1.29, 1.82) is 0 Å². The molecule has 10 heteroatoms. The predicted octanol–water partition coefficient (Wildman–Crippen LogP) is 7.18. The molecule has 2 heterocycles. The molecule has 2 aliphatic heterocycles. The Morgan fingerprint density at radius 2 is 1.35 bits per heavy atom. The molecule has 2 N–H and O–H groups in total. The minimum Gasteiger partial charge on any atom is -0.508 e. The number of nitrogens with one attached hydrogen (secondary N) is 1. The van der Waals surface area contributed by atoms with Crippen molar-refractivity contribution in [2.75, 3.05) is 39.6 Å². The van der Waals surface area contributed by atoms with Gasteiger partial charge in [-0.05, 0) is 83.5 Å². The Kier molecular flexibility index (Phi) is 13.5. The van der Waals surface area contributed by atoms with E-state index in [2.05, 4.69) is 48.6 Å². The van der Waals surface area contributed by atoms with Crippen molar-refractivity contribution >= 4 is 28.9 Å². The van der Waals surface area contributed by atoms with Gasteiger partial charge in [0.2, 0.25) is 11.8 Å². The van der Waals surface area contributed by atoms with Gasteiger partial charge in [0, 0.05) is 56.8 Å². The number of piperidine rings is 1. The Balaban J connectivity index is 0.850. The van der Waals surface area contributed by atoms with Gasteiger partial charge in [-0.3, -0.25) is 19.7 Å². The summed E-state index contributed by atoms with van der Waals surface area (Å²) in [5, 5.41) is 12.2. The molecule has 54 heavy (non-hydrogen) atoms. The molecule has 4 aromatic rings. The van der Waals surface area contributed by atoms with Gasteiger partial charge in [-0.2, -0.15) is 0 Å². The molecule has 2 aliphatic rings. The van der Waals surface area contributed by atoms with Crippen LogP contribution in [-0.4, -0.2) is 73.4 Å². The summed E-state index contributed by atoms with van der Waals surface area (Å²) >= 11 is 0. The third-order valence-electron chi connectivity index (χ3n) is 9.59. The highest BCUT2D eigenvalue weighted by Gasteiger charge is 2.40. The molecule has 0 aromatic heterocycles. The highest BCUT2D eigenvalue weighted by atomic mass is 16.5. The first kappa shape index (κ1) is 38.3. The van der Waals surface area contributed by atoms with E-state index in [0.29, 0.717) is 63.8 Å². The van der Waals surface area contributed by atoms with E-state index in [-0.39, 0.29) is 30.5 Å². The third-order valence-corrected chi connectivity index (χ3v) is 9.59. The summed E-state index contributed by atoms with van der Waals surface area (Å²) < 4.78 is 23.5. The summed E-state index contributed by atoms with van der Waals surface area (Å²) in [6.45, 7) is 5.77. The maximum absolute atomic E-state index is 13.0. The van der Waals surface area contributed by atoms with Gasteiger partial charge in [-0.15, -0.1) is 0 Å². The van der Waals surface area contributed by atoms with Gasteiger partial charge in [0.05, 0.1) is 19.8 Å². The highest BCUT2D eigenvalue weighted by molar-refractivity contribution is 6.05. The van der Waals surface area contributed by atoms with E-state index in [0.717, 1.165) is 47.3 Å². The third kappa shape index (κ3) is 9.75. The maximum Gasteiger partial charge on any atom is 0.255 e. The van der Waals surface area contributed by atoms with E-state index in [4.69, 9.17) is 18.9 Å². The van der Waals surface area contributed by atoms with Crippen LogP contribution in [0.3, 0.4) is 0 Å². The van der Waals surface area contributed by atoms with Gasteiger partial charge in [-0.1, -0.05) is 67.6 Å². The number of phenols is 1. The predicted molar refractivity (Wildman–Crippen MR) is 206 cm³/mol. The zero-order valence-corrected chi connectivity index (χ0v) is 30.8. The second-order valence-corrected chi connectivity index (χ2v) is 13.3. The Morgan fingerprint density at radius 1 is 0.722 bits per heavy atom. The van der Waals surface area contributed by atoms with Crippen molar-refractivity contribution in [3.8, 4) is 17.2 Å². The standard InChI is InChI=1S/C44H48N2O8/c1-2-36(31-10-4-3-5-11-31)42(32-14-18-34(47)19-15-32)33-16-20-35(21-17-33)53-28-8-26-51-24-7-25-52-27-9-29-54-40-13-6-12-37-38(40)30-46(44(37)50)39-22-23-41(48)45-43(39)49/h3-6,10-21,39,47H,2,7-9,22-30H2,1H3,(H,45,48,49)/b42-36-. The van der Waals surface area contributed by atoms with Crippen LogP contribution in [0.25, 0.3) is 11.1 Å².